The Labute approximate surface area is 231 Å². The third-order valence-electron chi connectivity index (χ3n) is 6.54. The smallest absolute Gasteiger partial charge is 0.220 e. The normalized spacial score (nSPS) is 14.2. The molecule has 3 N–H and O–H groups in total. The number of carbonyl (C=O) groups is 5. The largest absolute Gasteiger partial charge is 0.346 e. The van der Waals surface area contributed by atoms with Gasteiger partial charge in [0, 0.05) is 36.6 Å². The summed E-state index contributed by atoms with van der Waals surface area (Å²) in [6, 6.07) is -1.68. The quantitative estimate of drug-likeness (QED) is 0.212. The van der Waals surface area contributed by atoms with Crippen LogP contribution in [0.5, 0.6) is 0 Å². The molecule has 2 amide bonds. The average molecular weight is 538 g/mol. The van der Waals surface area contributed by atoms with E-state index in [0.29, 0.717) is 18.8 Å². The summed E-state index contributed by atoms with van der Waals surface area (Å²) in [7, 11) is 0. The Kier molecular flexibility index (Phi) is 17.2. The SMILES string of the molecule is CC(C)CCCC(NC(=O)CCC(NC(=O)CCC(NC(C)C)C(=O)C(C)C)C(=O)C(C)C)C(=O)C(C)C. The minimum absolute atomic E-state index is 0.00530. The van der Waals surface area contributed by atoms with Crippen LogP contribution in [-0.2, 0) is 24.0 Å². The van der Waals surface area contributed by atoms with Gasteiger partial charge in [-0.1, -0.05) is 82.1 Å². The van der Waals surface area contributed by atoms with Crippen LogP contribution in [0.15, 0.2) is 0 Å². The molecule has 220 valence electrons. The van der Waals surface area contributed by atoms with E-state index in [-0.39, 0.29) is 72.2 Å². The van der Waals surface area contributed by atoms with Crippen LogP contribution in [0.25, 0.3) is 0 Å². The van der Waals surface area contributed by atoms with Gasteiger partial charge in [-0.15, -0.1) is 0 Å². The Morgan fingerprint density at radius 3 is 1.24 bits per heavy atom. The van der Waals surface area contributed by atoms with Gasteiger partial charge in [0.15, 0.2) is 17.3 Å². The standard InChI is InChI=1S/C30H55N3O5/c1-18(2)12-11-13-23(28(36)19(3)4)32-26(34)17-15-25(30(38)21(7)8)33-27(35)16-14-24(31-22(9)10)29(37)20(5)6/h18-25,31H,11-17H2,1-10H3,(H,32,34)(H,33,35). The van der Waals surface area contributed by atoms with E-state index >= 15 is 0 Å². The average Bonchev–Trinajstić information content (AvgIpc) is 2.81. The van der Waals surface area contributed by atoms with Crippen molar-refractivity contribution in [1.29, 1.82) is 0 Å². The van der Waals surface area contributed by atoms with Crippen molar-refractivity contribution >= 4 is 29.2 Å². The van der Waals surface area contributed by atoms with Gasteiger partial charge in [0.1, 0.15) is 0 Å². The molecule has 0 aliphatic rings. The zero-order chi connectivity index (χ0) is 29.6. The first-order valence-corrected chi connectivity index (χ1v) is 14.5. The van der Waals surface area contributed by atoms with Gasteiger partial charge in [-0.25, -0.2) is 0 Å². The van der Waals surface area contributed by atoms with Gasteiger partial charge in [-0.2, -0.15) is 0 Å². The summed E-state index contributed by atoms with van der Waals surface area (Å²) in [6.07, 6.45) is 3.02. The summed E-state index contributed by atoms with van der Waals surface area (Å²) in [5, 5.41) is 8.90. The lowest BCUT2D eigenvalue weighted by atomic mass is 9.94. The molecule has 0 aromatic carbocycles. The predicted molar refractivity (Wildman–Crippen MR) is 153 cm³/mol. The second kappa shape index (κ2) is 18.2. The Hall–Kier alpha value is -2.09. The van der Waals surface area contributed by atoms with Crippen LogP contribution in [0, 0.1) is 23.7 Å². The second-order valence-corrected chi connectivity index (χ2v) is 12.2. The third kappa shape index (κ3) is 14.7. The second-order valence-electron chi connectivity index (χ2n) is 12.2. The van der Waals surface area contributed by atoms with Gasteiger partial charge < -0.3 is 16.0 Å². The Balaban J connectivity index is 5.20. The summed E-state index contributed by atoms with van der Waals surface area (Å²) < 4.78 is 0. The molecule has 8 heteroatoms. The molecule has 0 spiro atoms. The van der Waals surface area contributed by atoms with Gasteiger partial charge >= 0.3 is 0 Å². The molecule has 0 aliphatic heterocycles. The molecule has 0 aliphatic carbocycles. The lowest BCUT2D eigenvalue weighted by Gasteiger charge is -2.24. The fourth-order valence-electron chi connectivity index (χ4n) is 4.30. The molecular weight excluding hydrogens is 482 g/mol. The number of rotatable bonds is 20. The number of carbonyl (C=O) groups excluding carboxylic acids is 5. The zero-order valence-electron chi connectivity index (χ0n) is 25.6. The molecule has 0 saturated carbocycles. The molecule has 0 heterocycles. The van der Waals surface area contributed by atoms with Crippen LogP contribution in [0.2, 0.25) is 0 Å². The van der Waals surface area contributed by atoms with Gasteiger partial charge in [0.25, 0.3) is 0 Å². The van der Waals surface area contributed by atoms with Crippen molar-refractivity contribution in [1.82, 2.24) is 16.0 Å². The minimum atomic E-state index is -0.800. The Bertz CT molecular complexity index is 774. The molecule has 0 radical (unpaired) electrons. The van der Waals surface area contributed by atoms with E-state index in [1.165, 1.54) is 0 Å². The van der Waals surface area contributed by atoms with E-state index in [1.54, 1.807) is 13.8 Å². The molecule has 0 rings (SSSR count). The third-order valence-corrected chi connectivity index (χ3v) is 6.54. The molecule has 0 bridgehead atoms. The van der Waals surface area contributed by atoms with Crippen LogP contribution >= 0.6 is 0 Å². The van der Waals surface area contributed by atoms with Gasteiger partial charge in [-0.3, -0.25) is 24.0 Å². The van der Waals surface area contributed by atoms with E-state index in [1.807, 2.05) is 41.5 Å². The first-order chi connectivity index (χ1) is 17.6. The van der Waals surface area contributed by atoms with Crippen molar-refractivity contribution in [3.63, 3.8) is 0 Å². The highest BCUT2D eigenvalue weighted by Gasteiger charge is 2.28. The lowest BCUT2D eigenvalue weighted by molar-refractivity contribution is -0.131. The lowest BCUT2D eigenvalue weighted by Crippen LogP contribution is -2.46. The molecule has 3 atom stereocenters. The molecule has 8 nitrogen and oxygen atoms in total. The molecule has 0 aromatic heterocycles. The number of hydrogen-bond donors (Lipinski definition) is 3. The van der Waals surface area contributed by atoms with E-state index in [2.05, 4.69) is 29.8 Å². The van der Waals surface area contributed by atoms with Crippen molar-refractivity contribution in [2.24, 2.45) is 23.7 Å². The zero-order valence-corrected chi connectivity index (χ0v) is 25.6. The molecule has 0 saturated heterocycles. The predicted octanol–water partition coefficient (Wildman–Crippen LogP) is 4.38. The summed E-state index contributed by atoms with van der Waals surface area (Å²) in [5.74, 6) is -0.841. The van der Waals surface area contributed by atoms with E-state index in [9.17, 15) is 24.0 Å². The fourth-order valence-corrected chi connectivity index (χ4v) is 4.30. The van der Waals surface area contributed by atoms with E-state index < -0.39 is 18.1 Å². The summed E-state index contributed by atoms with van der Waals surface area (Å²) in [5.41, 5.74) is 0. The number of Topliss-reactive ketones (excluding diaryl/α,β-unsaturated/α-hetero) is 3. The Morgan fingerprint density at radius 2 is 0.868 bits per heavy atom. The first kappa shape index (κ1) is 35.9. The topological polar surface area (TPSA) is 121 Å². The number of amides is 2. The van der Waals surface area contributed by atoms with Crippen LogP contribution in [0.1, 0.15) is 114 Å². The number of hydrogen-bond acceptors (Lipinski definition) is 6. The Morgan fingerprint density at radius 1 is 0.500 bits per heavy atom. The van der Waals surface area contributed by atoms with E-state index in [0.717, 1.165) is 12.8 Å². The van der Waals surface area contributed by atoms with Crippen LogP contribution in [0.3, 0.4) is 0 Å². The van der Waals surface area contributed by atoms with Crippen LogP contribution in [0.4, 0.5) is 0 Å². The first-order valence-electron chi connectivity index (χ1n) is 14.5. The van der Waals surface area contributed by atoms with Crippen molar-refractivity contribution < 1.29 is 24.0 Å². The highest BCUT2D eigenvalue weighted by atomic mass is 16.2. The van der Waals surface area contributed by atoms with Crippen LogP contribution in [-0.4, -0.2) is 53.3 Å². The van der Waals surface area contributed by atoms with Gasteiger partial charge in [0.05, 0.1) is 18.1 Å². The minimum Gasteiger partial charge on any atom is -0.346 e. The summed E-state index contributed by atoms with van der Waals surface area (Å²) >= 11 is 0. The fraction of sp³-hybridized carbons (Fsp3) is 0.833. The van der Waals surface area contributed by atoms with Crippen molar-refractivity contribution in [3.8, 4) is 0 Å². The van der Waals surface area contributed by atoms with Crippen molar-refractivity contribution in [2.75, 3.05) is 0 Å². The maximum absolute atomic E-state index is 12.8. The number of ketones is 3. The summed E-state index contributed by atoms with van der Waals surface area (Å²) in [6.45, 7) is 19.0. The maximum Gasteiger partial charge on any atom is 0.220 e. The van der Waals surface area contributed by atoms with Crippen molar-refractivity contribution in [2.45, 2.75) is 138 Å². The highest BCUT2D eigenvalue weighted by molar-refractivity contribution is 5.92. The van der Waals surface area contributed by atoms with Crippen molar-refractivity contribution in [3.05, 3.63) is 0 Å². The molecule has 0 aromatic rings. The molecule has 3 unspecified atom stereocenters. The highest BCUT2D eigenvalue weighted by Crippen LogP contribution is 2.14. The monoisotopic (exact) mass is 537 g/mol. The van der Waals surface area contributed by atoms with Gasteiger partial charge in [0.2, 0.25) is 11.8 Å². The van der Waals surface area contributed by atoms with E-state index in [4.69, 9.17) is 0 Å². The maximum atomic E-state index is 12.8. The van der Waals surface area contributed by atoms with Crippen LogP contribution < -0.4 is 16.0 Å². The molecule has 38 heavy (non-hydrogen) atoms. The number of nitrogens with one attached hydrogen (secondary N) is 3. The summed E-state index contributed by atoms with van der Waals surface area (Å²) in [4.78, 5) is 63.6. The van der Waals surface area contributed by atoms with Gasteiger partial charge in [-0.05, 0) is 25.2 Å². The molecular formula is C30H55N3O5. The molecule has 0 fully saturated rings.